The summed E-state index contributed by atoms with van der Waals surface area (Å²) in [5.74, 6) is -4.58. The summed E-state index contributed by atoms with van der Waals surface area (Å²) >= 11 is 0. The Balaban J connectivity index is 1.78. The molecule has 1 atom stereocenters. The molecule has 1 aliphatic heterocycles. The van der Waals surface area contributed by atoms with Crippen LogP contribution in [0.5, 0.6) is 5.75 Å². The lowest BCUT2D eigenvalue weighted by atomic mass is 9.85. The van der Waals surface area contributed by atoms with Crippen molar-refractivity contribution in [1.29, 1.82) is 0 Å². The maximum absolute atomic E-state index is 14.1. The first-order valence-electron chi connectivity index (χ1n) is 12.2. The van der Waals surface area contributed by atoms with Crippen molar-refractivity contribution < 1.29 is 44.7 Å². The maximum atomic E-state index is 14.1. The smallest absolute Gasteiger partial charge is 0.422 e. The number of ether oxygens (including phenoxy) is 1. The zero-order valence-corrected chi connectivity index (χ0v) is 22.8. The molecular formula is C26H25F5N4O5S. The largest absolute Gasteiger partial charge is 0.484 e. The van der Waals surface area contributed by atoms with Crippen LogP contribution < -0.4 is 15.4 Å². The molecule has 2 heterocycles. The zero-order chi connectivity index (χ0) is 30.3. The topological polar surface area (TPSA) is 119 Å². The molecule has 0 aliphatic carbocycles. The Labute approximate surface area is 231 Å². The number of carbonyl (C=O) groups excluding carboxylic acids is 2. The zero-order valence-electron chi connectivity index (χ0n) is 22.0. The number of carbonyl (C=O) groups is 2. The monoisotopic (exact) mass is 600 g/mol. The van der Waals surface area contributed by atoms with Crippen LogP contribution in [0.25, 0.3) is 11.3 Å². The number of hydrogen-bond donors (Lipinski definition) is 2. The van der Waals surface area contributed by atoms with Gasteiger partial charge < -0.3 is 15.4 Å². The van der Waals surface area contributed by atoms with E-state index in [2.05, 4.69) is 15.7 Å². The lowest BCUT2D eigenvalue weighted by Gasteiger charge is -2.37. The van der Waals surface area contributed by atoms with Gasteiger partial charge in [0.05, 0.1) is 12.1 Å². The van der Waals surface area contributed by atoms with Crippen molar-refractivity contribution >= 4 is 27.3 Å². The fourth-order valence-electron chi connectivity index (χ4n) is 4.69. The Kier molecular flexibility index (Phi) is 7.86. The van der Waals surface area contributed by atoms with Crippen LogP contribution in [-0.2, 0) is 33.1 Å². The van der Waals surface area contributed by atoms with Crippen molar-refractivity contribution in [3.63, 3.8) is 0 Å². The number of aryl methyl sites for hydroxylation is 1. The molecule has 0 saturated carbocycles. The van der Waals surface area contributed by atoms with Crippen LogP contribution in [0, 0.1) is 11.6 Å². The van der Waals surface area contributed by atoms with E-state index < -0.39 is 57.4 Å². The van der Waals surface area contributed by atoms with Crippen LogP contribution in [-0.4, -0.2) is 54.8 Å². The van der Waals surface area contributed by atoms with Gasteiger partial charge in [-0.3, -0.25) is 14.3 Å². The van der Waals surface area contributed by atoms with Gasteiger partial charge in [-0.1, -0.05) is 13.0 Å². The second kappa shape index (κ2) is 10.8. The summed E-state index contributed by atoms with van der Waals surface area (Å²) in [7, 11) is -3.76. The van der Waals surface area contributed by atoms with E-state index in [1.54, 1.807) is 13.8 Å². The number of aromatic nitrogens is 2. The summed E-state index contributed by atoms with van der Waals surface area (Å²) in [5.41, 5.74) is -0.753. The number of nitrogens with one attached hydrogen (secondary N) is 2. The Hall–Kier alpha value is -4.01. The van der Waals surface area contributed by atoms with Gasteiger partial charge in [0, 0.05) is 17.9 Å². The molecule has 15 heteroatoms. The van der Waals surface area contributed by atoms with Gasteiger partial charge in [0.25, 0.3) is 5.91 Å². The lowest BCUT2D eigenvalue weighted by Crippen LogP contribution is -2.52. The van der Waals surface area contributed by atoms with Crippen molar-refractivity contribution in [3.05, 3.63) is 64.9 Å². The molecule has 4 rings (SSSR count). The molecular weight excluding hydrogens is 575 g/mol. The molecule has 0 unspecified atom stereocenters. The van der Waals surface area contributed by atoms with Gasteiger partial charge in [-0.05, 0) is 48.7 Å². The van der Waals surface area contributed by atoms with Gasteiger partial charge in [0.2, 0.25) is 5.91 Å². The number of nitrogens with zero attached hydrogens (tertiary/aromatic N) is 2. The molecule has 1 aliphatic rings. The molecule has 41 heavy (non-hydrogen) atoms. The van der Waals surface area contributed by atoms with Crippen molar-refractivity contribution in [2.75, 3.05) is 23.9 Å². The average Bonchev–Trinajstić information content (AvgIpc) is 3.18. The number of rotatable bonds is 8. The van der Waals surface area contributed by atoms with Crippen molar-refractivity contribution in [2.45, 2.75) is 38.5 Å². The molecule has 9 nitrogen and oxygen atoms in total. The molecule has 0 saturated heterocycles. The molecule has 2 aromatic carbocycles. The molecule has 1 aromatic heterocycles. The second-order valence-electron chi connectivity index (χ2n) is 9.87. The molecule has 2 N–H and O–H groups in total. The Morgan fingerprint density at radius 2 is 1.83 bits per heavy atom. The van der Waals surface area contributed by atoms with Gasteiger partial charge in [0.1, 0.15) is 34.5 Å². The standard InChI is InChI=1S/C26H25F5N4O5S/c1-4-14-9-18(40-13-26(29,30)31)5-6-19(14)25(2)12-35-23(24(37)33-25)22(32-20(36)11-41(3,38)39)21(34-35)15-7-16(27)10-17(28)8-15/h5-10H,4,11-13H2,1-3H3,(H,32,36)(H,33,37)/t25-/m1/s1. The number of benzene rings is 2. The third-order valence-electron chi connectivity index (χ3n) is 6.27. The molecule has 0 fully saturated rings. The van der Waals surface area contributed by atoms with Crippen molar-refractivity contribution in [1.82, 2.24) is 15.1 Å². The predicted octanol–water partition coefficient (Wildman–Crippen LogP) is 3.97. The van der Waals surface area contributed by atoms with Gasteiger partial charge >= 0.3 is 6.18 Å². The summed E-state index contributed by atoms with van der Waals surface area (Å²) in [6.07, 6.45) is -3.32. The van der Waals surface area contributed by atoms with E-state index in [-0.39, 0.29) is 34.9 Å². The van der Waals surface area contributed by atoms with E-state index in [0.29, 0.717) is 23.6 Å². The molecule has 2 amide bonds. The fourth-order valence-corrected chi connectivity index (χ4v) is 5.24. The molecule has 3 aromatic rings. The first-order valence-corrected chi connectivity index (χ1v) is 14.2. The van der Waals surface area contributed by atoms with E-state index in [9.17, 15) is 40.0 Å². The molecule has 0 spiro atoms. The quantitative estimate of drug-likeness (QED) is 0.378. The third kappa shape index (κ3) is 6.84. The van der Waals surface area contributed by atoms with Gasteiger partial charge in [-0.2, -0.15) is 18.3 Å². The summed E-state index contributed by atoms with van der Waals surface area (Å²) in [6.45, 7) is 1.89. The summed E-state index contributed by atoms with van der Waals surface area (Å²) < 4.78 is 95.4. The molecule has 220 valence electrons. The number of amides is 2. The van der Waals surface area contributed by atoms with E-state index in [1.165, 1.54) is 22.9 Å². The Bertz CT molecular complexity index is 1620. The first kappa shape index (κ1) is 30.0. The number of sulfone groups is 1. The first-order chi connectivity index (χ1) is 19.0. The summed E-state index contributed by atoms with van der Waals surface area (Å²) in [6, 6.07) is 6.81. The van der Waals surface area contributed by atoms with Crippen molar-refractivity contribution in [3.8, 4) is 17.0 Å². The number of anilines is 1. The molecule has 0 radical (unpaired) electrons. The van der Waals surface area contributed by atoms with E-state index in [4.69, 9.17) is 4.74 Å². The highest BCUT2D eigenvalue weighted by Gasteiger charge is 2.41. The maximum Gasteiger partial charge on any atom is 0.422 e. The van der Waals surface area contributed by atoms with E-state index >= 15 is 0 Å². The highest BCUT2D eigenvalue weighted by Crippen LogP contribution is 2.38. The fraction of sp³-hybridized carbons (Fsp3) is 0.346. The van der Waals surface area contributed by atoms with Crippen LogP contribution in [0.3, 0.4) is 0 Å². The minimum absolute atomic E-state index is 0.0141. The Morgan fingerprint density at radius 3 is 2.41 bits per heavy atom. The van der Waals surface area contributed by atoms with Crippen LogP contribution in [0.15, 0.2) is 36.4 Å². The van der Waals surface area contributed by atoms with Crippen LogP contribution >= 0.6 is 0 Å². The van der Waals surface area contributed by atoms with Crippen LogP contribution in [0.4, 0.5) is 27.6 Å². The van der Waals surface area contributed by atoms with E-state index in [1.807, 2.05) is 0 Å². The molecule has 0 bridgehead atoms. The highest BCUT2D eigenvalue weighted by atomic mass is 32.2. The third-order valence-corrected chi connectivity index (χ3v) is 7.06. The highest BCUT2D eigenvalue weighted by molar-refractivity contribution is 7.91. The second-order valence-corrected chi connectivity index (χ2v) is 12.0. The van der Waals surface area contributed by atoms with E-state index in [0.717, 1.165) is 18.4 Å². The minimum atomic E-state index is -4.53. The van der Waals surface area contributed by atoms with Gasteiger partial charge in [0.15, 0.2) is 22.1 Å². The minimum Gasteiger partial charge on any atom is -0.484 e. The number of hydrogen-bond acceptors (Lipinski definition) is 6. The normalized spacial score (nSPS) is 17.1. The number of fused-ring (bicyclic) bond motifs is 1. The van der Waals surface area contributed by atoms with Gasteiger partial charge in [-0.25, -0.2) is 17.2 Å². The Morgan fingerprint density at radius 1 is 1.17 bits per heavy atom. The number of alkyl halides is 3. The predicted molar refractivity (Wildman–Crippen MR) is 138 cm³/mol. The lowest BCUT2D eigenvalue weighted by molar-refractivity contribution is -0.153. The van der Waals surface area contributed by atoms with Crippen molar-refractivity contribution in [2.24, 2.45) is 0 Å². The summed E-state index contributed by atoms with van der Waals surface area (Å²) in [4.78, 5) is 26.0. The number of halogens is 5. The van der Waals surface area contributed by atoms with Crippen LogP contribution in [0.2, 0.25) is 0 Å². The average molecular weight is 601 g/mol. The van der Waals surface area contributed by atoms with Gasteiger partial charge in [-0.15, -0.1) is 0 Å². The summed E-state index contributed by atoms with van der Waals surface area (Å²) in [5, 5.41) is 9.54. The van der Waals surface area contributed by atoms with Crippen LogP contribution in [0.1, 0.15) is 35.5 Å². The SMILES string of the molecule is CCc1cc(OCC(F)(F)F)ccc1[C@@]1(C)Cn2nc(-c3cc(F)cc(F)c3)c(NC(=O)CS(C)(=O)=O)c2C(=O)N1.